The lowest BCUT2D eigenvalue weighted by Crippen LogP contribution is -2.13. The predicted molar refractivity (Wildman–Crippen MR) is 110 cm³/mol. The summed E-state index contributed by atoms with van der Waals surface area (Å²) in [5.41, 5.74) is 1.10. The predicted octanol–water partition coefficient (Wildman–Crippen LogP) is 5.24. The second-order valence-electron chi connectivity index (χ2n) is 5.89. The van der Waals surface area contributed by atoms with E-state index in [1.54, 1.807) is 24.4 Å². The molecule has 0 aliphatic rings. The number of para-hydroxylation sites is 1. The van der Waals surface area contributed by atoms with Gasteiger partial charge in [0.1, 0.15) is 5.76 Å². The van der Waals surface area contributed by atoms with Gasteiger partial charge in [-0.3, -0.25) is 14.9 Å². The summed E-state index contributed by atoms with van der Waals surface area (Å²) in [6.07, 6.45) is 1.69. The molecule has 0 fully saturated rings. The van der Waals surface area contributed by atoms with E-state index < -0.39 is 0 Å². The maximum Gasteiger partial charge on any atom is 0.261 e. The van der Waals surface area contributed by atoms with E-state index in [0.717, 1.165) is 14.9 Å². The van der Waals surface area contributed by atoms with Crippen LogP contribution in [0.1, 0.15) is 15.2 Å². The first-order valence-corrected chi connectivity index (χ1v) is 9.69. The van der Waals surface area contributed by atoms with Gasteiger partial charge < -0.3 is 4.42 Å². The van der Waals surface area contributed by atoms with E-state index in [0.29, 0.717) is 16.3 Å². The molecule has 2 aromatic carbocycles. The Morgan fingerprint density at radius 3 is 2.67 bits per heavy atom. The minimum absolute atomic E-state index is 0.200. The van der Waals surface area contributed by atoms with Crippen LogP contribution in [0.2, 0.25) is 0 Å². The number of amides is 1. The van der Waals surface area contributed by atoms with Crippen LogP contribution in [0.5, 0.6) is 0 Å². The Kier molecular flexibility index (Phi) is 4.63. The Morgan fingerprint density at radius 2 is 1.96 bits per heavy atom. The van der Waals surface area contributed by atoms with E-state index in [1.807, 2.05) is 31.2 Å². The zero-order chi connectivity index (χ0) is 19.0. The van der Waals surface area contributed by atoms with Crippen molar-refractivity contribution in [2.75, 3.05) is 5.32 Å². The van der Waals surface area contributed by atoms with Gasteiger partial charge in [0.25, 0.3) is 5.91 Å². The summed E-state index contributed by atoms with van der Waals surface area (Å²) in [5.74, 6) is 0.0383. The molecule has 7 heteroatoms. The maximum atomic E-state index is 12.7. The van der Waals surface area contributed by atoms with Crippen LogP contribution in [0.25, 0.3) is 22.3 Å². The molecule has 0 saturated carbocycles. The van der Waals surface area contributed by atoms with Gasteiger partial charge in [-0.15, -0.1) is 11.3 Å². The van der Waals surface area contributed by atoms with Gasteiger partial charge in [0, 0.05) is 27.2 Å². The molecule has 0 bridgehead atoms. The number of aryl methyl sites for hydroxylation is 1. The quantitative estimate of drug-likeness (QED) is 0.472. The highest BCUT2D eigenvalue weighted by Crippen LogP contribution is 2.26. The lowest BCUT2D eigenvalue weighted by molar-refractivity contribution is 0.102. The summed E-state index contributed by atoms with van der Waals surface area (Å²) in [7, 11) is 0. The lowest BCUT2D eigenvalue weighted by atomic mass is 10.1. The highest BCUT2D eigenvalue weighted by molar-refractivity contribution is 9.10. The molecule has 0 aliphatic carbocycles. The topological polar surface area (TPSA) is 72.2 Å². The first-order valence-electron chi connectivity index (χ1n) is 8.08. The van der Waals surface area contributed by atoms with Gasteiger partial charge in [-0.1, -0.05) is 34.1 Å². The summed E-state index contributed by atoms with van der Waals surface area (Å²) in [5, 5.41) is 3.62. The van der Waals surface area contributed by atoms with Crippen molar-refractivity contribution in [2.45, 2.75) is 6.92 Å². The summed E-state index contributed by atoms with van der Waals surface area (Å²) < 4.78 is 6.89. The molecule has 0 unspecified atom stereocenters. The van der Waals surface area contributed by atoms with Crippen molar-refractivity contribution < 1.29 is 9.21 Å². The van der Waals surface area contributed by atoms with Crippen LogP contribution < -0.4 is 10.7 Å². The van der Waals surface area contributed by atoms with Crippen LogP contribution in [0.15, 0.2) is 68.4 Å². The highest BCUT2D eigenvalue weighted by atomic mass is 79.9. The number of carbonyl (C=O) groups is 1. The van der Waals surface area contributed by atoms with E-state index in [9.17, 15) is 9.59 Å². The van der Waals surface area contributed by atoms with E-state index in [4.69, 9.17) is 4.42 Å². The van der Waals surface area contributed by atoms with Crippen LogP contribution >= 0.6 is 27.3 Å². The average Bonchev–Trinajstić information content (AvgIpc) is 3.06. The Labute approximate surface area is 166 Å². The number of fused-ring (bicyclic) bond motifs is 1. The molecule has 1 amide bonds. The van der Waals surface area contributed by atoms with Crippen molar-refractivity contribution in [3.63, 3.8) is 0 Å². The number of halogens is 1. The second kappa shape index (κ2) is 7.09. The number of benzene rings is 2. The molecule has 134 valence electrons. The summed E-state index contributed by atoms with van der Waals surface area (Å²) >= 11 is 4.77. The number of aromatic nitrogens is 1. The zero-order valence-electron chi connectivity index (χ0n) is 14.2. The summed E-state index contributed by atoms with van der Waals surface area (Å²) in [6.45, 7) is 1.91. The van der Waals surface area contributed by atoms with Gasteiger partial charge in [0.05, 0.1) is 10.9 Å². The normalized spacial score (nSPS) is 10.9. The monoisotopic (exact) mass is 440 g/mol. The molecule has 0 aliphatic heterocycles. The van der Waals surface area contributed by atoms with Crippen molar-refractivity contribution in [1.82, 2.24) is 4.98 Å². The molecule has 4 rings (SSSR count). The molecule has 5 nitrogen and oxygen atoms in total. The van der Waals surface area contributed by atoms with Crippen molar-refractivity contribution in [2.24, 2.45) is 0 Å². The first kappa shape index (κ1) is 17.6. The fraction of sp³-hybridized carbons (Fsp3) is 0.0500. The third-order valence-electron chi connectivity index (χ3n) is 3.97. The fourth-order valence-corrected chi connectivity index (χ4v) is 3.61. The Bertz CT molecular complexity index is 1210. The van der Waals surface area contributed by atoms with Crippen LogP contribution in [0.4, 0.5) is 5.13 Å². The number of anilines is 1. The van der Waals surface area contributed by atoms with Crippen LogP contribution in [0, 0.1) is 6.92 Å². The molecule has 2 aromatic heterocycles. The Balaban J connectivity index is 1.82. The van der Waals surface area contributed by atoms with Crippen LogP contribution in [-0.2, 0) is 0 Å². The number of nitrogens with one attached hydrogen (secondary N) is 1. The van der Waals surface area contributed by atoms with E-state index >= 15 is 0 Å². The molecule has 0 atom stereocenters. The molecular weight excluding hydrogens is 428 g/mol. The van der Waals surface area contributed by atoms with Crippen molar-refractivity contribution >= 4 is 49.3 Å². The van der Waals surface area contributed by atoms with Crippen molar-refractivity contribution in [1.29, 1.82) is 0 Å². The number of carbonyl (C=O) groups excluding carboxylic acids is 1. The van der Waals surface area contributed by atoms with E-state index in [1.165, 1.54) is 17.4 Å². The SMILES string of the molecule is Cc1cnc(NC(=O)c2cccc3c(=O)cc(-c4ccc(Br)cc4)oc23)s1. The molecule has 4 aromatic rings. The van der Waals surface area contributed by atoms with Gasteiger partial charge in [-0.2, -0.15) is 0 Å². The van der Waals surface area contributed by atoms with Gasteiger partial charge in [0.15, 0.2) is 16.1 Å². The number of hydrogen-bond acceptors (Lipinski definition) is 5. The van der Waals surface area contributed by atoms with Crippen molar-refractivity contribution in [3.8, 4) is 11.3 Å². The minimum atomic E-state index is -0.369. The largest absolute Gasteiger partial charge is 0.455 e. The Morgan fingerprint density at radius 1 is 1.19 bits per heavy atom. The summed E-state index contributed by atoms with van der Waals surface area (Å²) in [6, 6.07) is 13.8. The van der Waals surface area contributed by atoms with Crippen LogP contribution in [-0.4, -0.2) is 10.9 Å². The molecule has 0 saturated heterocycles. The zero-order valence-corrected chi connectivity index (χ0v) is 16.6. The molecule has 2 heterocycles. The highest BCUT2D eigenvalue weighted by Gasteiger charge is 2.16. The smallest absolute Gasteiger partial charge is 0.261 e. The van der Waals surface area contributed by atoms with E-state index in [2.05, 4.69) is 26.2 Å². The molecule has 0 spiro atoms. The third kappa shape index (κ3) is 3.56. The molecule has 1 N–H and O–H groups in total. The van der Waals surface area contributed by atoms with Crippen LogP contribution in [0.3, 0.4) is 0 Å². The third-order valence-corrected chi connectivity index (χ3v) is 5.33. The van der Waals surface area contributed by atoms with Gasteiger partial charge >= 0.3 is 0 Å². The number of rotatable bonds is 3. The van der Waals surface area contributed by atoms with Gasteiger partial charge in [-0.25, -0.2) is 4.98 Å². The summed E-state index contributed by atoms with van der Waals surface area (Å²) in [4.78, 5) is 30.4. The average molecular weight is 441 g/mol. The molecule has 27 heavy (non-hydrogen) atoms. The van der Waals surface area contributed by atoms with Gasteiger partial charge in [0.2, 0.25) is 0 Å². The molecular formula is C20H13BrN2O3S. The first-order chi connectivity index (χ1) is 13.0. The standard InChI is InChI=1S/C20H13BrN2O3S/c1-11-10-22-20(27-11)23-19(25)15-4-2-3-14-16(24)9-17(26-18(14)15)12-5-7-13(21)8-6-12/h2-10H,1H3,(H,22,23,25). The number of thiazole rings is 1. The Hall–Kier alpha value is -2.77. The fourth-order valence-electron chi connectivity index (χ4n) is 2.69. The molecule has 0 radical (unpaired) electrons. The maximum absolute atomic E-state index is 12.7. The second-order valence-corrected chi connectivity index (χ2v) is 8.04. The lowest BCUT2D eigenvalue weighted by Gasteiger charge is -2.08. The van der Waals surface area contributed by atoms with E-state index in [-0.39, 0.29) is 22.5 Å². The minimum Gasteiger partial charge on any atom is -0.455 e. The number of nitrogens with zero attached hydrogens (tertiary/aromatic N) is 1. The van der Waals surface area contributed by atoms with Gasteiger partial charge in [-0.05, 0) is 31.2 Å². The van der Waals surface area contributed by atoms with Crippen molar-refractivity contribution in [3.05, 3.63) is 79.9 Å². The number of hydrogen-bond donors (Lipinski definition) is 1.